The maximum atomic E-state index is 12.0. The maximum absolute atomic E-state index is 12.0. The molecule has 1 unspecified atom stereocenters. The quantitative estimate of drug-likeness (QED) is 0.213. The average Bonchev–Trinajstić information content (AvgIpc) is 3.19. The van der Waals surface area contributed by atoms with Gasteiger partial charge in [0, 0.05) is 42.0 Å². The molecule has 0 saturated carbocycles. The predicted octanol–water partition coefficient (Wildman–Crippen LogP) is -0.0843. The smallest absolute Gasteiger partial charge is 0.348 e. The number of nitrogens with one attached hydrogen (secondary N) is 3. The van der Waals surface area contributed by atoms with Crippen molar-refractivity contribution >= 4 is 28.8 Å². The number of quaternary nitrogens is 1. The number of rotatable bonds is 8. The van der Waals surface area contributed by atoms with E-state index in [0.717, 1.165) is 23.8 Å². The summed E-state index contributed by atoms with van der Waals surface area (Å²) in [7, 11) is 0. The Labute approximate surface area is 178 Å². The molecular weight excluding hydrogens is 430 g/mol. The fourth-order valence-electron chi connectivity index (χ4n) is 2.72. The first-order chi connectivity index (χ1) is 15.2. The van der Waals surface area contributed by atoms with Crippen molar-refractivity contribution in [2.75, 3.05) is 11.9 Å². The summed E-state index contributed by atoms with van der Waals surface area (Å²) < 4.78 is 0. The van der Waals surface area contributed by atoms with Gasteiger partial charge in [-0.25, -0.2) is 4.99 Å². The van der Waals surface area contributed by atoms with Gasteiger partial charge in [0.25, 0.3) is 11.6 Å². The van der Waals surface area contributed by atoms with Crippen molar-refractivity contribution < 1.29 is 29.7 Å². The van der Waals surface area contributed by atoms with E-state index in [-0.39, 0.29) is 17.3 Å². The molecule has 0 aromatic heterocycles. The van der Waals surface area contributed by atoms with E-state index in [9.17, 15) is 35.4 Å². The number of anilines is 1. The largest absolute Gasteiger partial charge is 0.846 e. The summed E-state index contributed by atoms with van der Waals surface area (Å²) in [5.41, 5.74) is 1.93. The zero-order valence-corrected chi connectivity index (χ0v) is 16.1. The fourth-order valence-corrected chi connectivity index (χ4v) is 2.72. The van der Waals surface area contributed by atoms with Gasteiger partial charge in [-0.3, -0.25) is 30.3 Å². The SMILES string of the molecule is O=[N+]([O-])c1ccc(CC[NH+]2C=C(/N=C(/[O-])Nc3ccc([N+](=O)[O-])c([N+](=O)[O-])c3)ON2)cc1. The summed E-state index contributed by atoms with van der Waals surface area (Å²) in [6.07, 6.45) is 2.02. The van der Waals surface area contributed by atoms with Gasteiger partial charge in [0.15, 0.2) is 6.20 Å². The molecule has 3 N–H and O–H groups in total. The molecule has 15 nitrogen and oxygen atoms in total. The highest BCUT2D eigenvalue weighted by Crippen LogP contribution is 2.29. The molecule has 0 bridgehead atoms. The third-order valence-corrected chi connectivity index (χ3v) is 4.25. The van der Waals surface area contributed by atoms with Crippen LogP contribution in [0.3, 0.4) is 0 Å². The van der Waals surface area contributed by atoms with Crippen molar-refractivity contribution in [3.05, 3.63) is 90.5 Å². The van der Waals surface area contributed by atoms with E-state index in [1.54, 1.807) is 12.1 Å². The van der Waals surface area contributed by atoms with Crippen LogP contribution in [0.4, 0.5) is 22.7 Å². The zero-order valence-electron chi connectivity index (χ0n) is 16.1. The number of hydrogen-bond acceptors (Lipinski definition) is 10. The third-order valence-electron chi connectivity index (χ3n) is 4.25. The molecule has 0 spiro atoms. The first-order valence-corrected chi connectivity index (χ1v) is 8.92. The van der Waals surface area contributed by atoms with Crippen LogP contribution >= 0.6 is 0 Å². The number of benzene rings is 2. The van der Waals surface area contributed by atoms with Crippen LogP contribution in [0.1, 0.15) is 5.56 Å². The molecule has 1 aliphatic rings. The minimum atomic E-state index is -0.927. The van der Waals surface area contributed by atoms with Crippen molar-refractivity contribution in [2.45, 2.75) is 6.42 Å². The lowest BCUT2D eigenvalue weighted by atomic mass is 10.1. The molecule has 0 amide bonds. The van der Waals surface area contributed by atoms with Gasteiger partial charge in [0.05, 0.1) is 20.8 Å². The molecule has 0 aliphatic carbocycles. The van der Waals surface area contributed by atoms with Crippen molar-refractivity contribution in [2.24, 2.45) is 4.99 Å². The molecule has 2 aromatic rings. The lowest BCUT2D eigenvalue weighted by Crippen LogP contribution is -3.13. The van der Waals surface area contributed by atoms with E-state index in [2.05, 4.69) is 15.9 Å². The Morgan fingerprint density at radius 2 is 1.69 bits per heavy atom. The minimum Gasteiger partial charge on any atom is -0.846 e. The summed E-state index contributed by atoms with van der Waals surface area (Å²) in [5, 5.41) is 47.4. The molecule has 1 heterocycles. The van der Waals surface area contributed by atoms with Crippen LogP contribution in [0.15, 0.2) is 59.5 Å². The predicted molar refractivity (Wildman–Crippen MR) is 106 cm³/mol. The van der Waals surface area contributed by atoms with Crippen LogP contribution in [0.5, 0.6) is 0 Å². The fraction of sp³-hybridized carbons (Fsp3) is 0.118. The second kappa shape index (κ2) is 9.45. The standard InChI is InChI=1S/C17H15N7O8/c25-17(18-12-3-6-14(23(28)29)15(9-12)24(30)31)19-16-10-21(20-32-16)8-7-11-1-4-13(5-2-11)22(26)27/h1-6,9-10,20H,7-8H2,(H2,18,19,25). The summed E-state index contributed by atoms with van der Waals surface area (Å²) in [5.74, 6) is -0.0578. The van der Waals surface area contributed by atoms with Gasteiger partial charge in [0.2, 0.25) is 0 Å². The van der Waals surface area contributed by atoms with Crippen molar-refractivity contribution in [1.82, 2.24) is 5.59 Å². The molecule has 0 radical (unpaired) electrons. The second-order valence-electron chi connectivity index (χ2n) is 6.40. The van der Waals surface area contributed by atoms with E-state index in [4.69, 9.17) is 4.84 Å². The Balaban J connectivity index is 1.60. The van der Waals surface area contributed by atoms with Gasteiger partial charge in [-0.1, -0.05) is 12.1 Å². The summed E-state index contributed by atoms with van der Waals surface area (Å²) >= 11 is 0. The molecular formula is C17H15N7O8. The van der Waals surface area contributed by atoms with E-state index in [1.807, 2.05) is 0 Å². The first-order valence-electron chi connectivity index (χ1n) is 8.92. The second-order valence-corrected chi connectivity index (χ2v) is 6.40. The highest BCUT2D eigenvalue weighted by atomic mass is 16.7. The first kappa shape index (κ1) is 22.1. The number of hydrogen-bond donors (Lipinski definition) is 3. The molecule has 1 atom stereocenters. The lowest BCUT2D eigenvalue weighted by molar-refractivity contribution is -0.911. The van der Waals surface area contributed by atoms with Gasteiger partial charge in [-0.2, -0.15) is 5.01 Å². The normalized spacial score (nSPS) is 15.6. The van der Waals surface area contributed by atoms with Gasteiger partial charge in [-0.15, -0.1) is 0 Å². The Morgan fingerprint density at radius 1 is 1.00 bits per heavy atom. The van der Waals surface area contributed by atoms with Crippen LogP contribution in [0.2, 0.25) is 0 Å². The Kier molecular flexibility index (Phi) is 6.52. The molecule has 166 valence electrons. The topological polar surface area (TPSA) is 203 Å². The van der Waals surface area contributed by atoms with Gasteiger partial charge < -0.3 is 15.3 Å². The van der Waals surface area contributed by atoms with E-state index >= 15 is 0 Å². The van der Waals surface area contributed by atoms with Crippen LogP contribution < -0.4 is 21.0 Å². The third kappa shape index (κ3) is 5.49. The highest BCUT2D eigenvalue weighted by Gasteiger charge is 2.24. The minimum absolute atomic E-state index is 0.00549. The van der Waals surface area contributed by atoms with Crippen LogP contribution in [0.25, 0.3) is 0 Å². The summed E-state index contributed by atoms with van der Waals surface area (Å²) in [6, 6.07) is 8.09. The lowest BCUT2D eigenvalue weighted by Gasteiger charge is -2.12. The molecule has 3 rings (SSSR count). The van der Waals surface area contributed by atoms with E-state index in [1.165, 1.54) is 18.3 Å². The Bertz CT molecular complexity index is 1120. The van der Waals surface area contributed by atoms with Crippen LogP contribution in [0, 0.1) is 30.3 Å². The molecule has 32 heavy (non-hydrogen) atoms. The molecule has 2 aromatic carbocycles. The van der Waals surface area contributed by atoms with E-state index in [0.29, 0.717) is 18.0 Å². The van der Waals surface area contributed by atoms with Crippen molar-refractivity contribution in [3.8, 4) is 0 Å². The number of nitro groups is 3. The number of amidine groups is 1. The number of nitro benzene ring substituents is 3. The summed E-state index contributed by atoms with van der Waals surface area (Å²) in [4.78, 5) is 38.9. The molecule has 15 heteroatoms. The van der Waals surface area contributed by atoms with Crippen LogP contribution in [-0.2, 0) is 11.3 Å². The van der Waals surface area contributed by atoms with Gasteiger partial charge in [-0.05, 0) is 11.6 Å². The van der Waals surface area contributed by atoms with Gasteiger partial charge in [0.1, 0.15) is 6.54 Å². The number of nitrogens with zero attached hydrogens (tertiary/aromatic N) is 4. The van der Waals surface area contributed by atoms with Crippen molar-refractivity contribution in [1.29, 1.82) is 0 Å². The zero-order chi connectivity index (χ0) is 23.3. The number of non-ortho nitro benzene ring substituents is 1. The Morgan fingerprint density at radius 3 is 2.31 bits per heavy atom. The number of aliphatic imine (C=N–C) groups is 1. The van der Waals surface area contributed by atoms with E-state index < -0.39 is 32.2 Å². The molecule has 1 aliphatic heterocycles. The highest BCUT2D eigenvalue weighted by molar-refractivity contribution is 5.87. The van der Waals surface area contributed by atoms with Gasteiger partial charge >= 0.3 is 11.4 Å². The summed E-state index contributed by atoms with van der Waals surface area (Å²) in [6.45, 7) is 0.479. The Hall–Kier alpha value is -4.63. The monoisotopic (exact) mass is 445 g/mol. The van der Waals surface area contributed by atoms with Crippen molar-refractivity contribution in [3.63, 3.8) is 0 Å². The molecule has 0 fully saturated rings. The maximum Gasteiger partial charge on any atom is 0.348 e. The average molecular weight is 445 g/mol. The molecule has 0 saturated heterocycles. The van der Waals surface area contributed by atoms with Crippen LogP contribution in [-0.4, -0.2) is 27.3 Å².